The SMILES string of the molecule is CCSC12N(c3ccc([N+](=O)[O-])cc3)N=C(C(=O)OC)N1C(C)(C)C2(C)C. The van der Waals surface area contributed by atoms with E-state index in [9.17, 15) is 14.9 Å². The van der Waals surface area contributed by atoms with Gasteiger partial charge in [0.15, 0.2) is 4.99 Å². The smallest absolute Gasteiger partial charge is 0.375 e. The van der Waals surface area contributed by atoms with Gasteiger partial charge in [-0.15, -0.1) is 16.9 Å². The van der Waals surface area contributed by atoms with Crippen LogP contribution in [-0.4, -0.2) is 45.0 Å². The highest BCUT2D eigenvalue weighted by atomic mass is 32.2. The third kappa shape index (κ3) is 2.30. The van der Waals surface area contributed by atoms with E-state index in [1.165, 1.54) is 19.2 Å². The third-order valence-corrected chi connectivity index (χ3v) is 7.48. The molecule has 27 heavy (non-hydrogen) atoms. The number of amidine groups is 1. The molecular formula is C18H24N4O4S. The number of methoxy groups -OCH3 is 1. The second-order valence-electron chi connectivity index (χ2n) is 7.56. The molecule has 1 saturated heterocycles. The number of nitro benzene ring substituents is 1. The summed E-state index contributed by atoms with van der Waals surface area (Å²) in [6, 6.07) is 6.23. The average Bonchev–Trinajstić information content (AvgIpc) is 2.97. The van der Waals surface area contributed by atoms with Crippen LogP contribution in [0.5, 0.6) is 0 Å². The maximum Gasteiger partial charge on any atom is 0.375 e. The fourth-order valence-electron chi connectivity index (χ4n) is 3.94. The highest BCUT2D eigenvalue weighted by molar-refractivity contribution is 8.00. The van der Waals surface area contributed by atoms with Gasteiger partial charge in [0.25, 0.3) is 5.69 Å². The number of nitrogens with zero attached hydrogens (tertiary/aromatic N) is 4. The van der Waals surface area contributed by atoms with E-state index in [0.717, 1.165) is 5.75 Å². The summed E-state index contributed by atoms with van der Waals surface area (Å²) in [6.07, 6.45) is 0. The molecule has 1 atom stereocenters. The standard InChI is InChI=1S/C18H24N4O4S/c1-7-27-18-16(2,3)17(4,5)20(18)14(15(23)26-6)19-21(18)12-8-10-13(11-9-12)22(24)25/h8-11H,7H2,1-6H3. The Labute approximate surface area is 162 Å². The van der Waals surface area contributed by atoms with Crippen molar-refractivity contribution in [1.82, 2.24) is 4.90 Å². The van der Waals surface area contributed by atoms with Crippen LogP contribution in [0.15, 0.2) is 29.4 Å². The number of rotatable bonds is 5. The van der Waals surface area contributed by atoms with Crippen molar-refractivity contribution in [1.29, 1.82) is 0 Å². The Kier molecular flexibility index (Phi) is 4.41. The van der Waals surface area contributed by atoms with Crippen LogP contribution in [-0.2, 0) is 9.53 Å². The fourth-order valence-corrected chi connectivity index (χ4v) is 5.66. The van der Waals surface area contributed by atoms with E-state index >= 15 is 0 Å². The lowest BCUT2D eigenvalue weighted by atomic mass is 9.61. The number of carbonyl (C=O) groups excluding carboxylic acids is 1. The summed E-state index contributed by atoms with van der Waals surface area (Å²) >= 11 is 1.69. The highest BCUT2D eigenvalue weighted by Crippen LogP contribution is 2.68. The van der Waals surface area contributed by atoms with Crippen molar-refractivity contribution in [3.63, 3.8) is 0 Å². The van der Waals surface area contributed by atoms with Crippen LogP contribution in [0.1, 0.15) is 34.6 Å². The number of non-ortho nitro benzene ring substituents is 1. The highest BCUT2D eigenvalue weighted by Gasteiger charge is 2.78. The van der Waals surface area contributed by atoms with Gasteiger partial charge in [0.1, 0.15) is 0 Å². The number of esters is 1. The molecular weight excluding hydrogens is 368 g/mol. The van der Waals surface area contributed by atoms with Crippen LogP contribution < -0.4 is 5.01 Å². The Morgan fingerprint density at radius 3 is 2.33 bits per heavy atom. The first-order chi connectivity index (χ1) is 12.6. The lowest BCUT2D eigenvalue weighted by Crippen LogP contribution is -2.85. The van der Waals surface area contributed by atoms with Crippen molar-refractivity contribution in [2.24, 2.45) is 10.5 Å². The molecule has 9 heteroatoms. The van der Waals surface area contributed by atoms with Gasteiger partial charge in [0.05, 0.1) is 17.7 Å². The van der Waals surface area contributed by atoms with E-state index in [-0.39, 0.29) is 22.5 Å². The second kappa shape index (κ2) is 6.12. The summed E-state index contributed by atoms with van der Waals surface area (Å²) in [6.45, 7) is 10.5. The van der Waals surface area contributed by atoms with Crippen LogP contribution >= 0.6 is 11.8 Å². The molecule has 0 amide bonds. The molecule has 0 radical (unpaired) electrons. The molecule has 0 bridgehead atoms. The van der Waals surface area contributed by atoms with Crippen molar-refractivity contribution in [2.45, 2.75) is 45.2 Å². The van der Waals surface area contributed by atoms with Gasteiger partial charge in [-0.2, -0.15) is 0 Å². The fraction of sp³-hybridized carbons (Fsp3) is 0.556. The van der Waals surface area contributed by atoms with Gasteiger partial charge in [-0.05, 0) is 31.7 Å². The van der Waals surface area contributed by atoms with E-state index in [1.54, 1.807) is 23.9 Å². The van der Waals surface area contributed by atoms with Crippen molar-refractivity contribution >= 4 is 34.9 Å². The monoisotopic (exact) mass is 392 g/mol. The first-order valence-corrected chi connectivity index (χ1v) is 9.70. The van der Waals surface area contributed by atoms with Crippen LogP contribution in [0.2, 0.25) is 0 Å². The molecule has 0 N–H and O–H groups in total. The lowest BCUT2D eigenvalue weighted by Gasteiger charge is -2.72. The molecule has 2 aliphatic heterocycles. The van der Waals surface area contributed by atoms with Gasteiger partial charge in [0.2, 0.25) is 5.84 Å². The number of carbonyl (C=O) groups is 1. The molecule has 8 nitrogen and oxygen atoms in total. The number of thioether (sulfide) groups is 1. The minimum Gasteiger partial charge on any atom is -0.463 e. The Balaban J connectivity index is 2.17. The molecule has 146 valence electrons. The summed E-state index contributed by atoms with van der Waals surface area (Å²) in [4.78, 5) is 24.4. The largest absolute Gasteiger partial charge is 0.463 e. The van der Waals surface area contributed by atoms with E-state index in [0.29, 0.717) is 5.69 Å². The minimum atomic E-state index is -0.620. The zero-order valence-corrected chi connectivity index (χ0v) is 17.2. The molecule has 0 aliphatic carbocycles. The molecule has 1 aromatic rings. The Morgan fingerprint density at radius 1 is 1.26 bits per heavy atom. The third-order valence-electron chi connectivity index (χ3n) is 5.92. The molecule has 0 aromatic heterocycles. The molecule has 3 rings (SSSR count). The van der Waals surface area contributed by atoms with E-state index in [1.807, 2.05) is 9.91 Å². The lowest BCUT2D eigenvalue weighted by molar-refractivity contribution is -0.384. The van der Waals surface area contributed by atoms with Crippen molar-refractivity contribution in [3.05, 3.63) is 34.4 Å². The van der Waals surface area contributed by atoms with Gasteiger partial charge in [-0.1, -0.05) is 20.8 Å². The molecule has 2 heterocycles. The van der Waals surface area contributed by atoms with Gasteiger partial charge in [0, 0.05) is 23.1 Å². The molecule has 2 aliphatic rings. The summed E-state index contributed by atoms with van der Waals surface area (Å²) in [5.41, 5.74) is 0.116. The van der Waals surface area contributed by atoms with Crippen LogP contribution in [0.25, 0.3) is 0 Å². The maximum absolute atomic E-state index is 12.4. The van der Waals surface area contributed by atoms with Gasteiger partial charge in [-0.3, -0.25) is 10.1 Å². The van der Waals surface area contributed by atoms with Crippen molar-refractivity contribution in [3.8, 4) is 0 Å². The number of nitro groups is 1. The van der Waals surface area contributed by atoms with E-state index in [4.69, 9.17) is 4.74 Å². The van der Waals surface area contributed by atoms with Crippen LogP contribution in [0, 0.1) is 15.5 Å². The predicted molar refractivity (Wildman–Crippen MR) is 106 cm³/mol. The topological polar surface area (TPSA) is 88.3 Å². The average molecular weight is 392 g/mol. The maximum atomic E-state index is 12.4. The van der Waals surface area contributed by atoms with Gasteiger partial charge in [-0.25, -0.2) is 9.80 Å². The summed E-state index contributed by atoms with van der Waals surface area (Å²) < 4.78 is 4.97. The van der Waals surface area contributed by atoms with Gasteiger partial charge < -0.3 is 9.64 Å². The van der Waals surface area contributed by atoms with E-state index in [2.05, 4.69) is 39.7 Å². The second-order valence-corrected chi connectivity index (χ2v) is 9.00. The normalized spacial score (nSPS) is 24.7. The molecule has 1 fully saturated rings. The quantitative estimate of drug-likeness (QED) is 0.431. The van der Waals surface area contributed by atoms with Crippen LogP contribution in [0.3, 0.4) is 0 Å². The number of hydrogen-bond acceptors (Lipinski definition) is 8. The zero-order chi connectivity index (χ0) is 20.2. The number of ether oxygens (including phenoxy) is 1. The zero-order valence-electron chi connectivity index (χ0n) is 16.3. The Hall–Kier alpha value is -2.29. The number of anilines is 1. The van der Waals surface area contributed by atoms with Gasteiger partial charge >= 0.3 is 5.97 Å². The molecule has 0 spiro atoms. The first kappa shape index (κ1) is 19.5. The molecule has 0 saturated carbocycles. The Morgan fingerprint density at radius 2 is 1.85 bits per heavy atom. The minimum absolute atomic E-state index is 0.0115. The Bertz CT molecular complexity index is 821. The number of benzene rings is 1. The number of hydrazone groups is 1. The predicted octanol–water partition coefficient (Wildman–Crippen LogP) is 3.43. The number of hydrogen-bond donors (Lipinski definition) is 0. The number of fused-ring (bicyclic) bond motifs is 1. The van der Waals surface area contributed by atoms with E-state index < -0.39 is 15.9 Å². The first-order valence-electron chi connectivity index (χ1n) is 8.72. The van der Waals surface area contributed by atoms with Crippen LogP contribution in [0.4, 0.5) is 11.4 Å². The summed E-state index contributed by atoms with van der Waals surface area (Å²) in [7, 11) is 1.34. The van der Waals surface area contributed by atoms with Crippen molar-refractivity contribution < 1.29 is 14.5 Å². The summed E-state index contributed by atoms with van der Waals surface area (Å²) in [5, 5.41) is 17.4. The van der Waals surface area contributed by atoms with Crippen molar-refractivity contribution in [2.75, 3.05) is 17.9 Å². The summed E-state index contributed by atoms with van der Waals surface area (Å²) in [5.74, 6) is 0.564. The molecule has 1 aromatic carbocycles. The molecule has 1 unspecified atom stereocenters.